The summed E-state index contributed by atoms with van der Waals surface area (Å²) in [5.41, 5.74) is 3.80. The number of rotatable bonds is 3. The van der Waals surface area contributed by atoms with E-state index in [1.807, 2.05) is 16.8 Å². The van der Waals surface area contributed by atoms with Crippen LogP contribution in [-0.2, 0) is 17.6 Å². The SMILES string of the molecule is CC1(C)CCC(NC(=O)C2CN(c3c4c(nc5ccnn35)CCNCC4)C2)CC1. The molecule has 0 radical (unpaired) electrons. The first-order valence-electron chi connectivity index (χ1n) is 11.1. The van der Waals surface area contributed by atoms with E-state index in [1.54, 1.807) is 0 Å². The van der Waals surface area contributed by atoms with Crippen molar-refractivity contribution in [2.24, 2.45) is 11.3 Å². The highest BCUT2D eigenvalue weighted by molar-refractivity contribution is 5.82. The van der Waals surface area contributed by atoms with E-state index in [0.717, 1.165) is 63.3 Å². The van der Waals surface area contributed by atoms with Crippen molar-refractivity contribution in [1.82, 2.24) is 25.2 Å². The Morgan fingerprint density at radius 1 is 1.21 bits per heavy atom. The van der Waals surface area contributed by atoms with Gasteiger partial charge in [0.25, 0.3) is 0 Å². The zero-order valence-corrected chi connectivity index (χ0v) is 17.6. The summed E-state index contributed by atoms with van der Waals surface area (Å²) in [5.74, 6) is 1.44. The lowest BCUT2D eigenvalue weighted by Gasteiger charge is -2.42. The first kappa shape index (κ1) is 18.9. The molecular formula is C22H32N6O. The fourth-order valence-electron chi connectivity index (χ4n) is 5.02. The van der Waals surface area contributed by atoms with E-state index in [-0.39, 0.29) is 11.8 Å². The lowest BCUT2D eigenvalue weighted by molar-refractivity contribution is -0.126. The van der Waals surface area contributed by atoms with Crippen LogP contribution in [0.2, 0.25) is 0 Å². The molecule has 0 unspecified atom stereocenters. The number of fused-ring (bicyclic) bond motifs is 2. The zero-order chi connectivity index (χ0) is 20.0. The predicted octanol–water partition coefficient (Wildman–Crippen LogP) is 1.94. The summed E-state index contributed by atoms with van der Waals surface area (Å²) in [4.78, 5) is 20.0. The van der Waals surface area contributed by atoms with Crippen molar-refractivity contribution in [3.63, 3.8) is 0 Å². The molecule has 2 aromatic rings. The third-order valence-corrected chi connectivity index (χ3v) is 7.02. The smallest absolute Gasteiger partial charge is 0.226 e. The number of amides is 1. The van der Waals surface area contributed by atoms with E-state index < -0.39 is 0 Å². The molecule has 3 aliphatic rings. The molecule has 2 aliphatic heterocycles. The Morgan fingerprint density at radius 2 is 1.97 bits per heavy atom. The Balaban J connectivity index is 1.28. The van der Waals surface area contributed by atoms with Gasteiger partial charge in [0, 0.05) is 43.7 Å². The van der Waals surface area contributed by atoms with Crippen LogP contribution in [0, 0.1) is 11.3 Å². The van der Waals surface area contributed by atoms with Crippen LogP contribution in [-0.4, -0.2) is 52.7 Å². The molecular weight excluding hydrogens is 364 g/mol. The molecule has 0 atom stereocenters. The highest BCUT2D eigenvalue weighted by Gasteiger charge is 2.37. The summed E-state index contributed by atoms with van der Waals surface area (Å²) in [6, 6.07) is 2.32. The summed E-state index contributed by atoms with van der Waals surface area (Å²) in [5, 5.41) is 11.3. The van der Waals surface area contributed by atoms with Crippen LogP contribution < -0.4 is 15.5 Å². The van der Waals surface area contributed by atoms with Crippen LogP contribution in [0.15, 0.2) is 12.3 Å². The number of nitrogens with one attached hydrogen (secondary N) is 2. The van der Waals surface area contributed by atoms with E-state index in [2.05, 4.69) is 34.5 Å². The van der Waals surface area contributed by atoms with E-state index in [0.29, 0.717) is 11.5 Å². The molecule has 0 aromatic carbocycles. The fraction of sp³-hybridized carbons (Fsp3) is 0.682. The Bertz CT molecular complexity index is 903. The molecule has 0 spiro atoms. The average molecular weight is 397 g/mol. The molecule has 1 aliphatic carbocycles. The molecule has 2 N–H and O–H groups in total. The molecule has 7 nitrogen and oxygen atoms in total. The minimum absolute atomic E-state index is 0.0725. The summed E-state index contributed by atoms with van der Waals surface area (Å²) in [6.07, 6.45) is 8.32. The van der Waals surface area contributed by atoms with Crippen LogP contribution >= 0.6 is 0 Å². The lowest BCUT2D eigenvalue weighted by atomic mass is 9.75. The average Bonchev–Trinajstić information content (AvgIpc) is 2.98. The van der Waals surface area contributed by atoms with E-state index in [4.69, 9.17) is 4.98 Å². The van der Waals surface area contributed by atoms with Gasteiger partial charge in [-0.3, -0.25) is 4.79 Å². The number of carbonyl (C=O) groups excluding carboxylic acids is 1. The molecule has 2 aromatic heterocycles. The Morgan fingerprint density at radius 3 is 2.76 bits per heavy atom. The van der Waals surface area contributed by atoms with Crippen molar-refractivity contribution in [1.29, 1.82) is 0 Å². The minimum atomic E-state index is 0.0725. The first-order chi connectivity index (χ1) is 14.0. The lowest BCUT2D eigenvalue weighted by Crippen LogP contribution is -2.56. The van der Waals surface area contributed by atoms with E-state index in [9.17, 15) is 4.79 Å². The third-order valence-electron chi connectivity index (χ3n) is 7.02. The summed E-state index contributed by atoms with van der Waals surface area (Å²) in [7, 11) is 0. The van der Waals surface area contributed by atoms with Gasteiger partial charge in [-0.05, 0) is 44.1 Å². The second kappa shape index (κ2) is 7.27. The predicted molar refractivity (Wildman–Crippen MR) is 113 cm³/mol. The molecule has 156 valence electrons. The molecule has 1 saturated heterocycles. The highest BCUT2D eigenvalue weighted by Crippen LogP contribution is 2.36. The largest absolute Gasteiger partial charge is 0.354 e. The molecule has 2 fully saturated rings. The molecule has 29 heavy (non-hydrogen) atoms. The highest BCUT2D eigenvalue weighted by atomic mass is 16.2. The molecule has 1 amide bonds. The molecule has 4 heterocycles. The van der Waals surface area contributed by atoms with Gasteiger partial charge < -0.3 is 15.5 Å². The minimum Gasteiger partial charge on any atom is -0.354 e. The second-order valence-corrected chi connectivity index (χ2v) is 9.76. The van der Waals surface area contributed by atoms with Gasteiger partial charge in [-0.1, -0.05) is 13.8 Å². The summed E-state index contributed by atoms with van der Waals surface area (Å²) >= 11 is 0. The van der Waals surface area contributed by atoms with Crippen molar-refractivity contribution in [3.8, 4) is 0 Å². The number of hydrogen-bond acceptors (Lipinski definition) is 5. The van der Waals surface area contributed by atoms with Gasteiger partial charge >= 0.3 is 0 Å². The van der Waals surface area contributed by atoms with Crippen molar-refractivity contribution >= 4 is 17.4 Å². The van der Waals surface area contributed by atoms with Crippen molar-refractivity contribution in [3.05, 3.63) is 23.5 Å². The maximum Gasteiger partial charge on any atom is 0.226 e. The van der Waals surface area contributed by atoms with Crippen molar-refractivity contribution in [2.45, 2.75) is 58.4 Å². The molecule has 7 heteroatoms. The van der Waals surface area contributed by atoms with Gasteiger partial charge in [-0.2, -0.15) is 9.61 Å². The van der Waals surface area contributed by atoms with Gasteiger partial charge in [-0.25, -0.2) is 4.98 Å². The van der Waals surface area contributed by atoms with Gasteiger partial charge in [0.15, 0.2) is 5.65 Å². The standard InChI is InChI=1S/C22H32N6O/c1-22(2)8-3-16(4-9-22)25-20(29)15-13-27(14-15)21-17-5-10-23-11-6-18(17)26-19-7-12-24-28(19)21/h7,12,15-16,23H,3-6,8-11,13-14H2,1-2H3,(H,25,29). The van der Waals surface area contributed by atoms with Crippen LogP contribution in [0.3, 0.4) is 0 Å². The van der Waals surface area contributed by atoms with Crippen LogP contribution in [0.25, 0.3) is 5.65 Å². The maximum atomic E-state index is 12.8. The normalized spacial score (nSPS) is 22.8. The number of hydrogen-bond donors (Lipinski definition) is 2. The fourth-order valence-corrected chi connectivity index (χ4v) is 5.02. The van der Waals surface area contributed by atoms with Gasteiger partial charge in [0.2, 0.25) is 5.91 Å². The van der Waals surface area contributed by atoms with Crippen molar-refractivity contribution < 1.29 is 4.79 Å². The van der Waals surface area contributed by atoms with Gasteiger partial charge in [0.05, 0.1) is 17.8 Å². The number of aromatic nitrogens is 3. The van der Waals surface area contributed by atoms with Crippen LogP contribution in [0.1, 0.15) is 50.8 Å². The van der Waals surface area contributed by atoms with E-state index >= 15 is 0 Å². The van der Waals surface area contributed by atoms with Crippen molar-refractivity contribution in [2.75, 3.05) is 31.1 Å². The molecule has 1 saturated carbocycles. The van der Waals surface area contributed by atoms with Gasteiger partial charge in [0.1, 0.15) is 5.82 Å². The third kappa shape index (κ3) is 3.61. The monoisotopic (exact) mass is 396 g/mol. The summed E-state index contributed by atoms with van der Waals surface area (Å²) in [6.45, 7) is 8.12. The maximum absolute atomic E-state index is 12.8. The Kier molecular flexibility index (Phi) is 4.73. The van der Waals surface area contributed by atoms with Gasteiger partial charge in [-0.15, -0.1) is 0 Å². The van der Waals surface area contributed by atoms with Crippen LogP contribution in [0.5, 0.6) is 0 Å². The van der Waals surface area contributed by atoms with Crippen LogP contribution in [0.4, 0.5) is 5.82 Å². The Labute approximate surface area is 172 Å². The quantitative estimate of drug-likeness (QED) is 0.829. The zero-order valence-electron chi connectivity index (χ0n) is 17.6. The Hall–Kier alpha value is -2.15. The molecule has 5 rings (SSSR count). The second-order valence-electron chi connectivity index (χ2n) is 9.76. The number of carbonyl (C=O) groups is 1. The first-order valence-corrected chi connectivity index (χ1v) is 11.1. The number of nitrogens with zero attached hydrogens (tertiary/aromatic N) is 4. The molecule has 0 bridgehead atoms. The topological polar surface area (TPSA) is 74.6 Å². The van der Waals surface area contributed by atoms with E-state index in [1.165, 1.54) is 24.1 Å². The number of anilines is 1. The summed E-state index contributed by atoms with van der Waals surface area (Å²) < 4.78 is 1.96.